The summed E-state index contributed by atoms with van der Waals surface area (Å²) in [6, 6.07) is 0. The molecule has 0 rings (SSSR count). The molecule has 4 nitrogen and oxygen atoms in total. The molecule has 0 aromatic carbocycles. The zero-order chi connectivity index (χ0) is 12.2. The summed E-state index contributed by atoms with van der Waals surface area (Å²) in [7, 11) is 1.39. The first-order valence-corrected chi connectivity index (χ1v) is 5.89. The van der Waals surface area contributed by atoms with Crippen molar-refractivity contribution in [2.24, 2.45) is 5.92 Å². The number of methoxy groups -OCH3 is 1. The minimum atomic E-state index is -0.184. The van der Waals surface area contributed by atoms with Crippen LogP contribution in [0.15, 0.2) is 0 Å². The van der Waals surface area contributed by atoms with Crippen molar-refractivity contribution in [1.82, 2.24) is 0 Å². The van der Waals surface area contributed by atoms with Gasteiger partial charge in [0.2, 0.25) is 0 Å². The van der Waals surface area contributed by atoms with Gasteiger partial charge in [-0.05, 0) is 18.8 Å². The van der Waals surface area contributed by atoms with Crippen molar-refractivity contribution >= 4 is 5.97 Å². The van der Waals surface area contributed by atoms with E-state index in [-0.39, 0.29) is 5.97 Å². The highest BCUT2D eigenvalue weighted by Crippen LogP contribution is 1.98. The van der Waals surface area contributed by atoms with Crippen molar-refractivity contribution in [2.45, 2.75) is 33.1 Å². The second-order valence-electron chi connectivity index (χ2n) is 4.09. The molecule has 16 heavy (non-hydrogen) atoms. The van der Waals surface area contributed by atoms with Gasteiger partial charge in [0.05, 0.1) is 20.3 Å². The number of carbonyl (C=O) groups is 1. The highest BCUT2D eigenvalue weighted by atomic mass is 16.5. The molecule has 0 amide bonds. The van der Waals surface area contributed by atoms with Gasteiger partial charge >= 0.3 is 5.97 Å². The fraction of sp³-hybridized carbons (Fsp3) is 0.917. The average Bonchev–Trinajstić information content (AvgIpc) is 2.26. The Balaban J connectivity index is 3.01. The summed E-state index contributed by atoms with van der Waals surface area (Å²) in [5, 5.41) is 0. The van der Waals surface area contributed by atoms with Gasteiger partial charge < -0.3 is 14.2 Å². The van der Waals surface area contributed by atoms with Crippen molar-refractivity contribution < 1.29 is 19.0 Å². The van der Waals surface area contributed by atoms with Crippen molar-refractivity contribution in [1.29, 1.82) is 0 Å². The van der Waals surface area contributed by atoms with Crippen LogP contribution in [0.2, 0.25) is 0 Å². The van der Waals surface area contributed by atoms with Crippen molar-refractivity contribution in [3.63, 3.8) is 0 Å². The maximum Gasteiger partial charge on any atom is 0.305 e. The van der Waals surface area contributed by atoms with Crippen molar-refractivity contribution in [2.75, 3.05) is 33.5 Å². The molecule has 0 aliphatic heterocycles. The van der Waals surface area contributed by atoms with Crippen LogP contribution in [0.1, 0.15) is 33.1 Å². The van der Waals surface area contributed by atoms with Gasteiger partial charge in [-0.2, -0.15) is 0 Å². The topological polar surface area (TPSA) is 44.8 Å². The number of ether oxygens (including phenoxy) is 3. The molecule has 0 aromatic heterocycles. The SMILES string of the molecule is COC(=O)CCCOCCOCCC(C)C. The van der Waals surface area contributed by atoms with E-state index in [0.29, 0.717) is 38.6 Å². The van der Waals surface area contributed by atoms with E-state index < -0.39 is 0 Å². The fourth-order valence-corrected chi connectivity index (χ4v) is 1.06. The Bertz CT molecular complexity index is 168. The lowest BCUT2D eigenvalue weighted by Crippen LogP contribution is -2.08. The van der Waals surface area contributed by atoms with Gasteiger partial charge in [-0.25, -0.2) is 0 Å². The molecule has 0 aromatic rings. The largest absolute Gasteiger partial charge is 0.469 e. The number of hydrogen-bond donors (Lipinski definition) is 0. The second-order valence-corrected chi connectivity index (χ2v) is 4.09. The van der Waals surface area contributed by atoms with Crippen LogP contribution in [0.5, 0.6) is 0 Å². The number of carbonyl (C=O) groups excluding carboxylic acids is 1. The summed E-state index contributed by atoms with van der Waals surface area (Å²) in [5.74, 6) is 0.498. The Morgan fingerprint density at radius 2 is 1.69 bits per heavy atom. The first kappa shape index (κ1) is 15.4. The first-order valence-electron chi connectivity index (χ1n) is 5.89. The van der Waals surface area contributed by atoms with Gasteiger partial charge in [-0.1, -0.05) is 13.8 Å². The van der Waals surface area contributed by atoms with E-state index in [0.717, 1.165) is 13.0 Å². The molecule has 0 atom stereocenters. The summed E-state index contributed by atoms with van der Waals surface area (Å²) in [4.78, 5) is 10.7. The Labute approximate surface area is 98.3 Å². The molecule has 0 radical (unpaired) electrons. The molecule has 96 valence electrons. The first-order chi connectivity index (χ1) is 7.66. The van der Waals surface area contributed by atoms with Gasteiger partial charge in [0, 0.05) is 19.6 Å². The molecule has 0 saturated carbocycles. The van der Waals surface area contributed by atoms with Crippen LogP contribution >= 0.6 is 0 Å². The minimum Gasteiger partial charge on any atom is -0.469 e. The number of esters is 1. The third-order valence-corrected chi connectivity index (χ3v) is 2.11. The monoisotopic (exact) mass is 232 g/mol. The quantitative estimate of drug-likeness (QED) is 0.427. The van der Waals surface area contributed by atoms with Crippen LogP contribution in [0, 0.1) is 5.92 Å². The average molecular weight is 232 g/mol. The van der Waals surface area contributed by atoms with Gasteiger partial charge in [0.15, 0.2) is 0 Å². The standard InChI is InChI=1S/C12H24O4/c1-11(2)6-8-16-10-9-15-7-4-5-12(13)14-3/h11H,4-10H2,1-3H3. The maximum atomic E-state index is 10.7. The molecular weight excluding hydrogens is 208 g/mol. The molecular formula is C12H24O4. The Morgan fingerprint density at radius 1 is 1.06 bits per heavy atom. The molecule has 0 bridgehead atoms. The van der Waals surface area contributed by atoms with Gasteiger partial charge in [-0.3, -0.25) is 4.79 Å². The Kier molecular flexibility index (Phi) is 10.5. The predicted molar refractivity (Wildman–Crippen MR) is 62.3 cm³/mol. The van der Waals surface area contributed by atoms with Crippen LogP contribution in [-0.2, 0) is 19.0 Å². The Hall–Kier alpha value is -0.610. The smallest absolute Gasteiger partial charge is 0.305 e. The summed E-state index contributed by atoms with van der Waals surface area (Å²) >= 11 is 0. The molecule has 0 aliphatic rings. The van der Waals surface area contributed by atoms with E-state index in [4.69, 9.17) is 9.47 Å². The van der Waals surface area contributed by atoms with E-state index in [1.54, 1.807) is 0 Å². The minimum absolute atomic E-state index is 0.184. The third-order valence-electron chi connectivity index (χ3n) is 2.11. The second kappa shape index (κ2) is 10.9. The molecule has 0 saturated heterocycles. The summed E-state index contributed by atoms with van der Waals surface area (Å²) in [6.07, 6.45) is 2.21. The Morgan fingerprint density at radius 3 is 2.25 bits per heavy atom. The van der Waals surface area contributed by atoms with Crippen LogP contribution in [0.4, 0.5) is 0 Å². The van der Waals surface area contributed by atoms with Crippen molar-refractivity contribution in [3.05, 3.63) is 0 Å². The van der Waals surface area contributed by atoms with Crippen LogP contribution in [0.3, 0.4) is 0 Å². The van der Waals surface area contributed by atoms with E-state index in [1.165, 1.54) is 7.11 Å². The third kappa shape index (κ3) is 11.5. The van der Waals surface area contributed by atoms with E-state index in [9.17, 15) is 4.79 Å². The molecule has 0 unspecified atom stereocenters. The molecule has 0 aliphatic carbocycles. The van der Waals surface area contributed by atoms with E-state index >= 15 is 0 Å². The molecule has 0 spiro atoms. The summed E-state index contributed by atoms with van der Waals surface area (Å²) in [6.45, 7) is 6.95. The van der Waals surface area contributed by atoms with Crippen LogP contribution < -0.4 is 0 Å². The normalized spacial score (nSPS) is 10.8. The van der Waals surface area contributed by atoms with E-state index in [1.807, 2.05) is 0 Å². The summed E-state index contributed by atoms with van der Waals surface area (Å²) < 4.78 is 15.2. The zero-order valence-corrected chi connectivity index (χ0v) is 10.7. The predicted octanol–water partition coefficient (Wildman–Crippen LogP) is 2.02. The summed E-state index contributed by atoms with van der Waals surface area (Å²) in [5.41, 5.74) is 0. The lowest BCUT2D eigenvalue weighted by molar-refractivity contribution is -0.141. The molecule has 0 fully saturated rings. The van der Waals surface area contributed by atoms with Gasteiger partial charge in [0.1, 0.15) is 0 Å². The lowest BCUT2D eigenvalue weighted by atomic mass is 10.1. The highest BCUT2D eigenvalue weighted by Gasteiger charge is 1.99. The molecule has 0 heterocycles. The van der Waals surface area contributed by atoms with Gasteiger partial charge in [0.25, 0.3) is 0 Å². The van der Waals surface area contributed by atoms with E-state index in [2.05, 4.69) is 18.6 Å². The van der Waals surface area contributed by atoms with Crippen LogP contribution in [-0.4, -0.2) is 39.5 Å². The number of rotatable bonds is 10. The fourth-order valence-electron chi connectivity index (χ4n) is 1.06. The van der Waals surface area contributed by atoms with Gasteiger partial charge in [-0.15, -0.1) is 0 Å². The number of hydrogen-bond acceptors (Lipinski definition) is 4. The van der Waals surface area contributed by atoms with Crippen molar-refractivity contribution in [3.8, 4) is 0 Å². The highest BCUT2D eigenvalue weighted by molar-refractivity contribution is 5.68. The molecule has 4 heteroatoms. The lowest BCUT2D eigenvalue weighted by Gasteiger charge is -2.07. The van der Waals surface area contributed by atoms with Crippen LogP contribution in [0.25, 0.3) is 0 Å². The molecule has 0 N–H and O–H groups in total. The maximum absolute atomic E-state index is 10.7. The zero-order valence-electron chi connectivity index (χ0n) is 10.7.